The van der Waals surface area contributed by atoms with Crippen LogP contribution in [0.1, 0.15) is 39.1 Å². The van der Waals surface area contributed by atoms with Gasteiger partial charge >= 0.3 is 0 Å². The van der Waals surface area contributed by atoms with Crippen molar-refractivity contribution >= 4 is 21.6 Å². The number of halogens is 1. The highest BCUT2D eigenvalue weighted by atomic mass is 79.9. The average Bonchev–Trinajstić information content (AvgIpc) is 2.61. The van der Waals surface area contributed by atoms with E-state index in [9.17, 15) is 0 Å². The van der Waals surface area contributed by atoms with Crippen LogP contribution in [0.3, 0.4) is 0 Å². The van der Waals surface area contributed by atoms with Crippen LogP contribution in [-0.4, -0.2) is 14.6 Å². The molecule has 86 valence electrons. The first kappa shape index (κ1) is 11.6. The lowest BCUT2D eigenvalue weighted by atomic mass is 9.96. The Bertz CT molecular complexity index is 523. The Morgan fingerprint density at radius 3 is 2.56 bits per heavy atom. The lowest BCUT2D eigenvalue weighted by Gasteiger charge is -2.11. The van der Waals surface area contributed by atoms with E-state index in [4.69, 9.17) is 0 Å². The summed E-state index contributed by atoms with van der Waals surface area (Å²) >= 11 is 3.53. The molecule has 0 bridgehead atoms. The zero-order valence-corrected chi connectivity index (χ0v) is 11.7. The summed E-state index contributed by atoms with van der Waals surface area (Å²) in [4.78, 5) is 4.58. The predicted octanol–water partition coefficient (Wildman–Crippen LogP) is 3.35. The zero-order valence-electron chi connectivity index (χ0n) is 10.1. The van der Waals surface area contributed by atoms with Crippen LogP contribution in [0.4, 0.5) is 0 Å². The minimum atomic E-state index is -0.0160. The number of aryl methyl sites for hydroxylation is 1. The second-order valence-electron chi connectivity index (χ2n) is 5.00. The molecule has 0 N–H and O–H groups in total. The number of fused-ring (bicyclic) bond motifs is 1. The molecule has 0 amide bonds. The molecule has 0 aliphatic heterocycles. The van der Waals surface area contributed by atoms with Crippen LogP contribution in [-0.2, 0) is 11.8 Å². The van der Waals surface area contributed by atoms with E-state index in [1.807, 2.05) is 4.52 Å². The summed E-state index contributed by atoms with van der Waals surface area (Å²) in [5.74, 6) is 0.876. The summed E-state index contributed by atoms with van der Waals surface area (Å²) in [5, 5.41) is 4.52. The van der Waals surface area contributed by atoms with Gasteiger partial charge in [0.25, 0.3) is 0 Å². The molecule has 0 aliphatic carbocycles. The third kappa shape index (κ3) is 1.98. The van der Waals surface area contributed by atoms with E-state index in [1.165, 1.54) is 5.56 Å². The highest BCUT2D eigenvalue weighted by Crippen LogP contribution is 2.22. The Labute approximate surface area is 104 Å². The molecule has 0 aromatic carbocycles. The maximum absolute atomic E-state index is 4.58. The molecule has 2 aromatic heterocycles. The summed E-state index contributed by atoms with van der Waals surface area (Å²) in [6.45, 7) is 8.50. The summed E-state index contributed by atoms with van der Waals surface area (Å²) in [5.41, 5.74) is 2.17. The number of nitrogens with zero attached hydrogens (tertiary/aromatic N) is 3. The van der Waals surface area contributed by atoms with Gasteiger partial charge in [0.2, 0.25) is 0 Å². The van der Waals surface area contributed by atoms with Crippen LogP contribution in [0.2, 0.25) is 0 Å². The van der Waals surface area contributed by atoms with Gasteiger partial charge in [-0.25, -0.2) is 9.50 Å². The van der Waals surface area contributed by atoms with Gasteiger partial charge in [0, 0.05) is 5.41 Å². The number of hydrogen-bond donors (Lipinski definition) is 0. The van der Waals surface area contributed by atoms with Gasteiger partial charge in [-0.1, -0.05) is 27.7 Å². The van der Waals surface area contributed by atoms with E-state index in [0.29, 0.717) is 0 Å². The minimum Gasteiger partial charge on any atom is -0.211 e. The second kappa shape index (κ2) is 3.84. The SMILES string of the molecule is CCc1cc(Br)n2nc(C(C)(C)C)nc2c1. The van der Waals surface area contributed by atoms with Gasteiger partial charge in [-0.15, -0.1) is 5.10 Å². The Morgan fingerprint density at radius 2 is 2.00 bits per heavy atom. The Morgan fingerprint density at radius 1 is 1.31 bits per heavy atom. The fourth-order valence-corrected chi connectivity index (χ4v) is 2.07. The molecule has 0 atom stereocenters. The van der Waals surface area contributed by atoms with Crippen LogP contribution >= 0.6 is 15.9 Å². The van der Waals surface area contributed by atoms with Crippen molar-refractivity contribution in [3.63, 3.8) is 0 Å². The molecule has 2 heterocycles. The summed E-state index contributed by atoms with van der Waals surface area (Å²) in [6.07, 6.45) is 1.01. The normalized spacial score (nSPS) is 12.3. The first-order valence-electron chi connectivity index (χ1n) is 5.47. The number of rotatable bonds is 1. The smallest absolute Gasteiger partial charge is 0.157 e. The largest absolute Gasteiger partial charge is 0.211 e. The molecule has 0 unspecified atom stereocenters. The molecule has 4 heteroatoms. The first-order chi connectivity index (χ1) is 7.41. The molecule has 0 aliphatic rings. The first-order valence-corrected chi connectivity index (χ1v) is 6.27. The van der Waals surface area contributed by atoms with Crippen molar-refractivity contribution in [2.24, 2.45) is 0 Å². The van der Waals surface area contributed by atoms with E-state index in [0.717, 1.165) is 22.5 Å². The number of aromatic nitrogens is 3. The molecule has 0 saturated carbocycles. The molecule has 0 saturated heterocycles. The van der Waals surface area contributed by atoms with Gasteiger partial charge in [0.1, 0.15) is 4.60 Å². The third-order valence-electron chi connectivity index (χ3n) is 2.53. The summed E-state index contributed by atoms with van der Waals surface area (Å²) < 4.78 is 2.81. The van der Waals surface area contributed by atoms with Crippen molar-refractivity contribution in [3.8, 4) is 0 Å². The molecule has 2 rings (SSSR count). The summed E-state index contributed by atoms with van der Waals surface area (Å²) in [7, 11) is 0. The lowest BCUT2D eigenvalue weighted by Crippen LogP contribution is -2.13. The fraction of sp³-hybridized carbons (Fsp3) is 0.500. The quantitative estimate of drug-likeness (QED) is 0.751. The molecular weight excluding hydrogens is 266 g/mol. The van der Waals surface area contributed by atoms with Gasteiger partial charge in [0.15, 0.2) is 11.5 Å². The van der Waals surface area contributed by atoms with Gasteiger partial charge < -0.3 is 0 Å². The molecule has 0 fully saturated rings. The third-order valence-corrected chi connectivity index (χ3v) is 3.10. The maximum Gasteiger partial charge on any atom is 0.157 e. The van der Waals surface area contributed by atoms with Crippen LogP contribution in [0.5, 0.6) is 0 Å². The van der Waals surface area contributed by atoms with E-state index < -0.39 is 0 Å². The predicted molar refractivity (Wildman–Crippen MR) is 68.8 cm³/mol. The highest BCUT2D eigenvalue weighted by Gasteiger charge is 2.20. The van der Waals surface area contributed by atoms with E-state index in [-0.39, 0.29) is 5.41 Å². The van der Waals surface area contributed by atoms with Gasteiger partial charge in [-0.3, -0.25) is 0 Å². The van der Waals surface area contributed by atoms with E-state index in [2.05, 4.69) is 65.8 Å². The van der Waals surface area contributed by atoms with Crippen molar-refractivity contribution in [3.05, 3.63) is 28.1 Å². The van der Waals surface area contributed by atoms with Gasteiger partial charge in [-0.2, -0.15) is 0 Å². The Balaban J connectivity index is 2.66. The standard InChI is InChI=1S/C12H16BrN3/c1-5-8-6-9(13)16-10(7-8)14-11(15-16)12(2,3)4/h6-7H,5H2,1-4H3. The van der Waals surface area contributed by atoms with Crippen LogP contribution in [0.15, 0.2) is 16.7 Å². The minimum absolute atomic E-state index is 0.0160. The highest BCUT2D eigenvalue weighted by molar-refractivity contribution is 9.10. The Kier molecular flexibility index (Phi) is 2.78. The van der Waals surface area contributed by atoms with Crippen molar-refractivity contribution in [2.45, 2.75) is 39.5 Å². The summed E-state index contributed by atoms with van der Waals surface area (Å²) in [6, 6.07) is 4.18. The maximum atomic E-state index is 4.58. The van der Waals surface area contributed by atoms with Crippen molar-refractivity contribution < 1.29 is 0 Å². The lowest BCUT2D eigenvalue weighted by molar-refractivity contribution is 0.545. The van der Waals surface area contributed by atoms with Crippen LogP contribution < -0.4 is 0 Å². The fourth-order valence-electron chi connectivity index (χ4n) is 1.52. The van der Waals surface area contributed by atoms with Gasteiger partial charge in [0.05, 0.1) is 0 Å². The van der Waals surface area contributed by atoms with Crippen molar-refractivity contribution in [2.75, 3.05) is 0 Å². The monoisotopic (exact) mass is 281 g/mol. The molecule has 16 heavy (non-hydrogen) atoms. The van der Waals surface area contributed by atoms with E-state index >= 15 is 0 Å². The molecule has 0 radical (unpaired) electrons. The Hall–Kier alpha value is -0.900. The van der Waals surface area contributed by atoms with Gasteiger partial charge in [-0.05, 0) is 40.0 Å². The molecule has 2 aromatic rings. The van der Waals surface area contributed by atoms with Crippen molar-refractivity contribution in [1.82, 2.24) is 14.6 Å². The topological polar surface area (TPSA) is 30.2 Å². The number of hydrogen-bond acceptors (Lipinski definition) is 2. The zero-order chi connectivity index (χ0) is 11.9. The van der Waals surface area contributed by atoms with Crippen LogP contribution in [0, 0.1) is 0 Å². The number of pyridine rings is 1. The van der Waals surface area contributed by atoms with Crippen molar-refractivity contribution in [1.29, 1.82) is 0 Å². The molecular formula is C12H16BrN3. The second-order valence-corrected chi connectivity index (χ2v) is 5.81. The van der Waals surface area contributed by atoms with E-state index in [1.54, 1.807) is 0 Å². The average molecular weight is 282 g/mol. The molecule has 3 nitrogen and oxygen atoms in total. The molecule has 0 spiro atoms. The van der Waals surface area contributed by atoms with Crippen LogP contribution in [0.25, 0.3) is 5.65 Å².